The van der Waals surface area contributed by atoms with Crippen LogP contribution in [0.4, 0.5) is 5.69 Å². The summed E-state index contributed by atoms with van der Waals surface area (Å²) in [4.78, 5) is 14.4. The van der Waals surface area contributed by atoms with E-state index in [-0.39, 0.29) is 29.4 Å². The minimum Gasteiger partial charge on any atom is -0.430 e. The van der Waals surface area contributed by atoms with E-state index < -0.39 is 15.7 Å². The summed E-state index contributed by atoms with van der Waals surface area (Å²) in [7, 11) is -1.34. The van der Waals surface area contributed by atoms with Crippen LogP contribution in [0.5, 0.6) is 0 Å². The lowest BCUT2D eigenvalue weighted by Gasteiger charge is -2.22. The van der Waals surface area contributed by atoms with Gasteiger partial charge in [-0.3, -0.25) is 10.1 Å². The number of nitro benzene ring substituents is 1. The van der Waals surface area contributed by atoms with E-state index in [9.17, 15) is 14.3 Å². The maximum atomic E-state index is 12.3. The number of nitro groups is 1. The Balaban J connectivity index is 0.00000176. The van der Waals surface area contributed by atoms with Crippen LogP contribution in [-0.2, 0) is 10.8 Å². The van der Waals surface area contributed by atoms with Crippen molar-refractivity contribution < 1.29 is 13.5 Å². The van der Waals surface area contributed by atoms with Crippen molar-refractivity contribution in [3.05, 3.63) is 28.3 Å². The molecule has 7 nitrogen and oxygen atoms in total. The monoisotopic (exact) mass is 345 g/mol. The van der Waals surface area contributed by atoms with E-state index in [2.05, 4.69) is 10.3 Å². The van der Waals surface area contributed by atoms with Gasteiger partial charge in [-0.25, -0.2) is 9.19 Å². The quantitative estimate of drug-likeness (QED) is 0.675. The highest BCUT2D eigenvalue weighted by Crippen LogP contribution is 2.23. The van der Waals surface area contributed by atoms with Crippen molar-refractivity contribution in [3.63, 3.8) is 0 Å². The van der Waals surface area contributed by atoms with Crippen LogP contribution in [0, 0.1) is 10.1 Å². The van der Waals surface area contributed by atoms with Crippen LogP contribution < -0.4 is 5.32 Å². The number of nitrogens with zero attached hydrogens (tertiary/aromatic N) is 2. The summed E-state index contributed by atoms with van der Waals surface area (Å²) in [5, 5.41) is 14.2. The third-order valence-electron chi connectivity index (χ3n) is 3.52. The van der Waals surface area contributed by atoms with Crippen molar-refractivity contribution in [1.29, 1.82) is 0 Å². The first kappa shape index (κ1) is 16.9. The molecule has 3 rings (SSSR count). The Hall–Kier alpha value is -1.51. The fraction of sp³-hybridized carbons (Fsp3) is 0.462. The molecule has 2 unspecified atom stereocenters. The number of rotatable bonds is 4. The largest absolute Gasteiger partial charge is 0.430 e. The van der Waals surface area contributed by atoms with Crippen LogP contribution in [0.2, 0.25) is 0 Å². The second kappa shape index (κ2) is 7.17. The molecule has 120 valence electrons. The minimum atomic E-state index is -1.34. The maximum absolute atomic E-state index is 12.3. The molecule has 2 aromatic rings. The lowest BCUT2D eigenvalue weighted by Crippen LogP contribution is -2.38. The Morgan fingerprint density at radius 1 is 1.45 bits per heavy atom. The Morgan fingerprint density at radius 3 is 2.95 bits per heavy atom. The smallest absolute Gasteiger partial charge is 0.287 e. The van der Waals surface area contributed by atoms with Crippen LogP contribution in [0.15, 0.2) is 27.8 Å². The van der Waals surface area contributed by atoms with Gasteiger partial charge < -0.3 is 9.73 Å². The van der Waals surface area contributed by atoms with Gasteiger partial charge in [0.15, 0.2) is 5.58 Å². The van der Waals surface area contributed by atoms with Gasteiger partial charge in [-0.1, -0.05) is 6.42 Å². The van der Waals surface area contributed by atoms with Crippen LogP contribution >= 0.6 is 12.4 Å². The van der Waals surface area contributed by atoms with Crippen LogP contribution in [0.25, 0.3) is 11.1 Å². The van der Waals surface area contributed by atoms with Crippen molar-refractivity contribution in [3.8, 4) is 0 Å². The molecule has 1 aromatic carbocycles. The first-order valence-corrected chi connectivity index (χ1v) is 8.12. The Kier molecular flexibility index (Phi) is 5.49. The normalized spacial score (nSPS) is 19.5. The zero-order valence-electron chi connectivity index (χ0n) is 11.7. The van der Waals surface area contributed by atoms with Gasteiger partial charge in [0.2, 0.25) is 0 Å². The van der Waals surface area contributed by atoms with Gasteiger partial charge in [-0.2, -0.15) is 0 Å². The minimum absolute atomic E-state index is 0. The van der Waals surface area contributed by atoms with Gasteiger partial charge in [0, 0.05) is 23.9 Å². The number of halogens is 1. The van der Waals surface area contributed by atoms with Gasteiger partial charge in [0.25, 0.3) is 10.9 Å². The highest BCUT2D eigenvalue weighted by Gasteiger charge is 2.20. The topological polar surface area (TPSA) is 98.3 Å². The third-order valence-corrected chi connectivity index (χ3v) is 4.79. The van der Waals surface area contributed by atoms with E-state index in [1.807, 2.05) is 0 Å². The summed E-state index contributed by atoms with van der Waals surface area (Å²) >= 11 is 0. The second-order valence-corrected chi connectivity index (χ2v) is 6.42. The molecular weight excluding hydrogens is 330 g/mol. The Morgan fingerprint density at radius 2 is 2.27 bits per heavy atom. The number of oxazole rings is 1. The lowest BCUT2D eigenvalue weighted by molar-refractivity contribution is -0.384. The summed E-state index contributed by atoms with van der Waals surface area (Å²) in [5.41, 5.74) is 0.729. The molecule has 2 heterocycles. The molecule has 0 aliphatic carbocycles. The summed E-state index contributed by atoms with van der Waals surface area (Å²) in [6.07, 6.45) is 3.28. The summed E-state index contributed by atoms with van der Waals surface area (Å²) in [6.45, 7) is 0.946. The van der Waals surface area contributed by atoms with E-state index in [0.29, 0.717) is 16.9 Å². The molecule has 1 N–H and O–H groups in total. The molecule has 1 saturated heterocycles. The third kappa shape index (κ3) is 3.63. The summed E-state index contributed by atoms with van der Waals surface area (Å²) < 4.78 is 17.7. The van der Waals surface area contributed by atoms with Gasteiger partial charge in [0.05, 0.1) is 4.92 Å². The zero-order valence-corrected chi connectivity index (χ0v) is 13.3. The zero-order chi connectivity index (χ0) is 14.8. The van der Waals surface area contributed by atoms with Crippen molar-refractivity contribution >= 4 is 40.0 Å². The van der Waals surface area contributed by atoms with Crippen molar-refractivity contribution in [2.75, 3.05) is 12.3 Å². The molecule has 2 atom stereocenters. The van der Waals surface area contributed by atoms with E-state index in [4.69, 9.17) is 4.42 Å². The standard InChI is InChI=1S/C13H15N3O4S.ClH/c17-16(18)10-4-5-12-11(7-10)15-13(20-12)21(19)8-9-3-1-2-6-14-9;/h4-5,7,9,14H,1-3,6,8H2;1H. The number of hydrogen-bond donors (Lipinski definition) is 1. The molecular formula is C13H16ClN3O4S. The predicted molar refractivity (Wildman–Crippen MR) is 84.8 cm³/mol. The fourth-order valence-corrected chi connectivity index (χ4v) is 3.60. The Bertz CT molecular complexity index is 700. The summed E-state index contributed by atoms with van der Waals surface area (Å²) in [6, 6.07) is 4.38. The average molecular weight is 346 g/mol. The average Bonchev–Trinajstić information content (AvgIpc) is 2.91. The SMILES string of the molecule is Cl.O=[N+]([O-])c1ccc2oc(S(=O)CC3CCCCN3)nc2c1. The highest BCUT2D eigenvalue weighted by molar-refractivity contribution is 7.84. The van der Waals surface area contributed by atoms with Crippen LogP contribution in [0.1, 0.15) is 19.3 Å². The molecule has 1 aliphatic heterocycles. The molecule has 1 aromatic heterocycles. The van der Waals surface area contributed by atoms with E-state index in [1.165, 1.54) is 18.2 Å². The van der Waals surface area contributed by atoms with Gasteiger partial charge in [0.1, 0.15) is 16.3 Å². The number of non-ortho nitro benzene ring substituents is 1. The highest BCUT2D eigenvalue weighted by atomic mass is 35.5. The van der Waals surface area contributed by atoms with Crippen LogP contribution in [0.3, 0.4) is 0 Å². The van der Waals surface area contributed by atoms with Crippen molar-refractivity contribution in [2.24, 2.45) is 0 Å². The first-order valence-electron chi connectivity index (χ1n) is 6.80. The predicted octanol–water partition coefficient (Wildman–Crippen LogP) is 2.41. The number of piperidine rings is 1. The number of aromatic nitrogens is 1. The van der Waals surface area contributed by atoms with E-state index in [0.717, 1.165) is 25.8 Å². The summed E-state index contributed by atoms with van der Waals surface area (Å²) in [5.74, 6) is 0.453. The first-order chi connectivity index (χ1) is 10.1. The number of hydrogen-bond acceptors (Lipinski definition) is 6. The molecule has 0 bridgehead atoms. The fourth-order valence-electron chi connectivity index (χ4n) is 2.43. The molecule has 1 fully saturated rings. The second-order valence-electron chi connectivity index (χ2n) is 5.05. The van der Waals surface area contributed by atoms with E-state index in [1.54, 1.807) is 0 Å². The van der Waals surface area contributed by atoms with Crippen molar-refractivity contribution in [1.82, 2.24) is 10.3 Å². The van der Waals surface area contributed by atoms with Gasteiger partial charge in [-0.05, 0) is 25.5 Å². The molecule has 1 aliphatic rings. The lowest BCUT2D eigenvalue weighted by atomic mass is 10.1. The van der Waals surface area contributed by atoms with Crippen molar-refractivity contribution in [2.45, 2.75) is 30.5 Å². The molecule has 9 heteroatoms. The number of nitrogens with one attached hydrogen (secondary N) is 1. The number of benzene rings is 1. The van der Waals surface area contributed by atoms with Crippen LogP contribution in [-0.4, -0.2) is 32.5 Å². The van der Waals surface area contributed by atoms with Gasteiger partial charge in [-0.15, -0.1) is 12.4 Å². The number of fused-ring (bicyclic) bond motifs is 1. The molecule has 0 spiro atoms. The van der Waals surface area contributed by atoms with Gasteiger partial charge >= 0.3 is 0 Å². The maximum Gasteiger partial charge on any atom is 0.287 e. The molecule has 22 heavy (non-hydrogen) atoms. The molecule has 0 radical (unpaired) electrons. The van der Waals surface area contributed by atoms with E-state index >= 15 is 0 Å². The molecule has 0 amide bonds. The Labute approximate surface area is 135 Å². The molecule has 0 saturated carbocycles.